The van der Waals surface area contributed by atoms with Gasteiger partial charge in [-0.05, 0) is 31.6 Å². The number of carbonyl (C=O) groups excluding carboxylic acids is 1. The highest BCUT2D eigenvalue weighted by atomic mass is 32.3. The molecule has 6 nitrogen and oxygen atoms in total. The molecule has 1 aliphatic carbocycles. The molecule has 2 atom stereocenters. The number of allylic oxidation sites excluding steroid dienone is 1. The fourth-order valence-corrected chi connectivity index (χ4v) is 2.79. The summed E-state index contributed by atoms with van der Waals surface area (Å²) in [6.45, 7) is 6.47. The van der Waals surface area contributed by atoms with E-state index in [-0.39, 0.29) is 12.2 Å². The van der Waals surface area contributed by atoms with E-state index < -0.39 is 27.5 Å². The molecule has 0 heterocycles. The van der Waals surface area contributed by atoms with Gasteiger partial charge in [-0.1, -0.05) is 19.9 Å². The number of carbonyl (C=O) groups is 1. The average Bonchev–Trinajstić information content (AvgIpc) is 2.20. The van der Waals surface area contributed by atoms with E-state index in [1.165, 1.54) is 25.2 Å². The van der Waals surface area contributed by atoms with E-state index >= 15 is 0 Å². The molecule has 114 valence electrons. The second kappa shape index (κ2) is 5.40. The van der Waals surface area contributed by atoms with E-state index in [4.69, 9.17) is 0 Å². The number of hydrogen-bond donors (Lipinski definition) is 1. The average molecular weight is 303 g/mol. The molecule has 0 aromatic heterocycles. The van der Waals surface area contributed by atoms with Gasteiger partial charge in [-0.25, -0.2) is 8.42 Å². The fourth-order valence-electron chi connectivity index (χ4n) is 2.36. The molecule has 2 unspecified atom stereocenters. The Morgan fingerprint density at radius 2 is 2.05 bits per heavy atom. The molecular formula is C13H19O6S-. The Balaban J connectivity index is 3.04. The summed E-state index contributed by atoms with van der Waals surface area (Å²) in [5.41, 5.74) is -1.67. The van der Waals surface area contributed by atoms with Crippen molar-refractivity contribution < 1.29 is 27.1 Å². The monoisotopic (exact) mass is 303 g/mol. The summed E-state index contributed by atoms with van der Waals surface area (Å²) in [5.74, 6) is -0.0722. The lowest BCUT2D eigenvalue weighted by Gasteiger charge is -2.44. The van der Waals surface area contributed by atoms with Crippen LogP contribution in [-0.4, -0.2) is 35.6 Å². The Bertz CT molecular complexity index is 557. The minimum absolute atomic E-state index is 0.0722. The van der Waals surface area contributed by atoms with Crippen LogP contribution in [0.2, 0.25) is 0 Å². The SMILES string of the molecule is CC1=CC(=O)CC(C)(C)C1(O)/C=C/C(C)OS(=O)(=O)[O-]. The van der Waals surface area contributed by atoms with Crippen LogP contribution in [0.15, 0.2) is 23.8 Å². The first kappa shape index (κ1) is 17.0. The van der Waals surface area contributed by atoms with Crippen LogP contribution in [0.1, 0.15) is 34.1 Å². The molecule has 0 spiro atoms. The zero-order chi connectivity index (χ0) is 15.8. The highest BCUT2D eigenvalue weighted by Crippen LogP contribution is 2.44. The maximum Gasteiger partial charge on any atom is 0.218 e. The first-order valence-corrected chi connectivity index (χ1v) is 7.48. The first-order chi connectivity index (χ1) is 8.87. The Hall–Kier alpha value is -1.02. The van der Waals surface area contributed by atoms with Crippen LogP contribution < -0.4 is 0 Å². The van der Waals surface area contributed by atoms with E-state index in [0.717, 1.165) is 0 Å². The molecule has 0 saturated carbocycles. The minimum Gasteiger partial charge on any atom is -0.726 e. The van der Waals surface area contributed by atoms with E-state index in [1.807, 2.05) is 0 Å². The predicted octanol–water partition coefficient (Wildman–Crippen LogP) is 1.08. The molecule has 1 N–H and O–H groups in total. The molecule has 0 bridgehead atoms. The number of rotatable bonds is 4. The van der Waals surface area contributed by atoms with Gasteiger partial charge in [0.2, 0.25) is 10.4 Å². The summed E-state index contributed by atoms with van der Waals surface area (Å²) in [4.78, 5) is 11.5. The zero-order valence-electron chi connectivity index (χ0n) is 11.9. The van der Waals surface area contributed by atoms with Crippen molar-refractivity contribution in [1.29, 1.82) is 0 Å². The predicted molar refractivity (Wildman–Crippen MR) is 71.5 cm³/mol. The Morgan fingerprint density at radius 3 is 2.50 bits per heavy atom. The van der Waals surface area contributed by atoms with E-state index in [2.05, 4.69) is 4.18 Å². The molecule has 0 fully saturated rings. The zero-order valence-corrected chi connectivity index (χ0v) is 12.7. The van der Waals surface area contributed by atoms with Crippen molar-refractivity contribution in [2.45, 2.75) is 45.8 Å². The van der Waals surface area contributed by atoms with Crippen LogP contribution in [-0.2, 0) is 19.4 Å². The smallest absolute Gasteiger partial charge is 0.218 e. The molecule has 0 aromatic carbocycles. The summed E-state index contributed by atoms with van der Waals surface area (Å²) in [6.07, 6.45) is 3.21. The molecule has 0 aliphatic heterocycles. The number of aliphatic hydroxyl groups is 1. The molecule has 1 aliphatic rings. The van der Waals surface area contributed by atoms with Crippen molar-refractivity contribution in [2.75, 3.05) is 0 Å². The highest BCUT2D eigenvalue weighted by molar-refractivity contribution is 7.80. The third-order valence-corrected chi connectivity index (χ3v) is 4.04. The van der Waals surface area contributed by atoms with Gasteiger partial charge in [0, 0.05) is 11.8 Å². The van der Waals surface area contributed by atoms with Crippen molar-refractivity contribution in [3.8, 4) is 0 Å². The van der Waals surface area contributed by atoms with Crippen molar-refractivity contribution in [1.82, 2.24) is 0 Å². The van der Waals surface area contributed by atoms with E-state index in [9.17, 15) is 22.9 Å². The van der Waals surface area contributed by atoms with Gasteiger partial charge in [-0.2, -0.15) is 0 Å². The summed E-state index contributed by atoms with van der Waals surface area (Å²) >= 11 is 0. The van der Waals surface area contributed by atoms with Crippen LogP contribution in [0.3, 0.4) is 0 Å². The van der Waals surface area contributed by atoms with Crippen molar-refractivity contribution in [3.05, 3.63) is 23.8 Å². The van der Waals surface area contributed by atoms with Gasteiger partial charge < -0.3 is 9.66 Å². The second-order valence-electron chi connectivity index (χ2n) is 5.69. The van der Waals surface area contributed by atoms with Crippen LogP contribution >= 0.6 is 0 Å². The lowest BCUT2D eigenvalue weighted by atomic mass is 9.64. The molecule has 0 amide bonds. The van der Waals surface area contributed by atoms with E-state index in [0.29, 0.717) is 5.57 Å². The van der Waals surface area contributed by atoms with Gasteiger partial charge in [0.05, 0.1) is 6.10 Å². The molecular weight excluding hydrogens is 284 g/mol. The maximum atomic E-state index is 11.5. The van der Waals surface area contributed by atoms with Gasteiger partial charge in [0.25, 0.3) is 0 Å². The van der Waals surface area contributed by atoms with E-state index in [1.54, 1.807) is 20.8 Å². The van der Waals surface area contributed by atoms with Crippen LogP contribution in [0.5, 0.6) is 0 Å². The summed E-state index contributed by atoms with van der Waals surface area (Å²) in [7, 11) is -4.80. The number of hydrogen-bond acceptors (Lipinski definition) is 6. The topological polar surface area (TPSA) is 104 Å². The van der Waals surface area contributed by atoms with Gasteiger partial charge in [0.1, 0.15) is 5.60 Å². The normalized spacial score (nSPS) is 28.5. The molecule has 1 rings (SSSR count). The van der Waals surface area contributed by atoms with Crippen LogP contribution in [0.25, 0.3) is 0 Å². The van der Waals surface area contributed by atoms with Gasteiger partial charge >= 0.3 is 0 Å². The van der Waals surface area contributed by atoms with Gasteiger partial charge in [-0.3, -0.25) is 8.98 Å². The third-order valence-electron chi connectivity index (χ3n) is 3.50. The summed E-state index contributed by atoms with van der Waals surface area (Å²) in [6, 6.07) is 0. The molecule has 0 aromatic rings. The highest BCUT2D eigenvalue weighted by Gasteiger charge is 2.46. The van der Waals surface area contributed by atoms with Gasteiger partial charge in [-0.15, -0.1) is 0 Å². The summed E-state index contributed by atoms with van der Waals surface area (Å²) < 4.78 is 35.7. The number of ketones is 1. The van der Waals surface area contributed by atoms with Gasteiger partial charge in [0.15, 0.2) is 5.78 Å². The Labute approximate surface area is 119 Å². The summed E-state index contributed by atoms with van der Waals surface area (Å²) in [5, 5.41) is 10.7. The lowest BCUT2D eigenvalue weighted by Crippen LogP contribution is -2.48. The van der Waals surface area contributed by atoms with Crippen molar-refractivity contribution in [3.63, 3.8) is 0 Å². The first-order valence-electron chi connectivity index (χ1n) is 6.15. The minimum atomic E-state index is -4.80. The largest absolute Gasteiger partial charge is 0.726 e. The maximum absolute atomic E-state index is 11.5. The molecule has 7 heteroatoms. The lowest BCUT2D eigenvalue weighted by molar-refractivity contribution is -0.121. The fraction of sp³-hybridized carbons (Fsp3) is 0.615. The standard InChI is InChI=1S/C13H20O6S/c1-9-7-11(14)8-12(3,4)13(9,15)6-5-10(2)19-20(16,17)18/h5-7,10,15H,8H2,1-4H3,(H,16,17,18)/p-1/b6-5+. The molecule has 0 saturated heterocycles. The quantitative estimate of drug-likeness (QED) is 0.473. The second-order valence-corrected chi connectivity index (χ2v) is 6.70. The molecule has 20 heavy (non-hydrogen) atoms. The van der Waals surface area contributed by atoms with Crippen molar-refractivity contribution in [2.24, 2.45) is 5.41 Å². The van der Waals surface area contributed by atoms with Crippen LogP contribution in [0, 0.1) is 5.41 Å². The Kier molecular flexibility index (Phi) is 4.60. The van der Waals surface area contributed by atoms with Crippen molar-refractivity contribution >= 4 is 16.2 Å². The molecule has 0 radical (unpaired) electrons. The third kappa shape index (κ3) is 3.76. The Morgan fingerprint density at radius 1 is 1.50 bits per heavy atom. The van der Waals surface area contributed by atoms with Crippen LogP contribution in [0.4, 0.5) is 0 Å².